The van der Waals surface area contributed by atoms with Gasteiger partial charge < -0.3 is 0 Å². The van der Waals surface area contributed by atoms with Crippen molar-refractivity contribution in [3.8, 4) is 0 Å². The van der Waals surface area contributed by atoms with Gasteiger partial charge in [0.25, 0.3) is 0 Å². The van der Waals surface area contributed by atoms with Crippen LogP contribution in [0, 0.1) is 5.92 Å². The molecule has 0 unspecified atom stereocenters. The average molecular weight is 290 g/mol. The molecular formula is C10H12BrNO2S. The van der Waals surface area contributed by atoms with Gasteiger partial charge in [-0.1, -0.05) is 6.07 Å². The molecule has 1 fully saturated rings. The van der Waals surface area contributed by atoms with Crippen LogP contribution in [0.4, 0.5) is 0 Å². The monoisotopic (exact) mass is 289 g/mol. The van der Waals surface area contributed by atoms with Crippen molar-refractivity contribution in [2.45, 2.75) is 18.6 Å². The van der Waals surface area contributed by atoms with Gasteiger partial charge in [-0.15, -0.1) is 0 Å². The Kier molecular flexibility index (Phi) is 3.11. The van der Waals surface area contributed by atoms with Gasteiger partial charge in [0.1, 0.15) is 4.60 Å². The first-order chi connectivity index (χ1) is 7.05. The summed E-state index contributed by atoms with van der Waals surface area (Å²) in [5.74, 6) is 0.784. The third kappa shape index (κ3) is 3.57. The molecule has 0 N–H and O–H groups in total. The molecule has 0 saturated heterocycles. The first-order valence-corrected chi connectivity index (χ1v) is 7.48. The van der Waals surface area contributed by atoms with E-state index in [0.717, 1.165) is 12.8 Å². The van der Waals surface area contributed by atoms with Crippen molar-refractivity contribution in [1.29, 1.82) is 0 Å². The maximum absolute atomic E-state index is 11.7. The highest BCUT2D eigenvalue weighted by Crippen LogP contribution is 2.31. The Bertz CT molecular complexity index is 454. The number of sulfone groups is 1. The number of aromatic nitrogens is 1. The van der Waals surface area contributed by atoms with Gasteiger partial charge in [-0.3, -0.25) is 0 Å². The number of nitrogens with zero attached hydrogens (tertiary/aromatic N) is 1. The lowest BCUT2D eigenvalue weighted by Crippen LogP contribution is -2.11. The lowest BCUT2D eigenvalue weighted by atomic mass is 10.4. The molecule has 0 atom stereocenters. The molecule has 0 radical (unpaired) electrons. The first-order valence-electron chi connectivity index (χ1n) is 4.87. The number of pyridine rings is 1. The lowest BCUT2D eigenvalue weighted by Gasteiger charge is -2.02. The maximum Gasteiger partial charge on any atom is 0.156 e. The number of rotatable bonds is 4. The molecule has 1 aromatic rings. The molecule has 3 nitrogen and oxygen atoms in total. The summed E-state index contributed by atoms with van der Waals surface area (Å²) in [4.78, 5) is 4.12. The van der Waals surface area contributed by atoms with E-state index in [2.05, 4.69) is 20.9 Å². The van der Waals surface area contributed by atoms with Gasteiger partial charge in [0.05, 0.1) is 17.2 Å². The van der Waals surface area contributed by atoms with Crippen molar-refractivity contribution in [1.82, 2.24) is 4.98 Å². The van der Waals surface area contributed by atoms with Gasteiger partial charge in [0.15, 0.2) is 9.84 Å². The first kappa shape index (κ1) is 11.1. The van der Waals surface area contributed by atoms with Crippen LogP contribution in [0.2, 0.25) is 0 Å². The predicted octanol–water partition coefficient (Wildman–Crippen LogP) is 2.17. The fraction of sp³-hybridized carbons (Fsp3) is 0.500. The van der Waals surface area contributed by atoms with Gasteiger partial charge in [-0.25, -0.2) is 13.4 Å². The van der Waals surface area contributed by atoms with Crippen LogP contribution in [0.3, 0.4) is 0 Å². The van der Waals surface area contributed by atoms with Crippen LogP contribution in [0.25, 0.3) is 0 Å². The van der Waals surface area contributed by atoms with Crippen molar-refractivity contribution in [3.05, 3.63) is 28.5 Å². The van der Waals surface area contributed by atoms with Crippen LogP contribution < -0.4 is 0 Å². The summed E-state index contributed by atoms with van der Waals surface area (Å²) in [7, 11) is -2.97. The molecule has 0 aliphatic heterocycles. The summed E-state index contributed by atoms with van der Waals surface area (Å²) in [6.45, 7) is 0. The highest BCUT2D eigenvalue weighted by molar-refractivity contribution is 9.10. The average Bonchev–Trinajstić information content (AvgIpc) is 2.86. The Morgan fingerprint density at radius 1 is 1.40 bits per heavy atom. The maximum atomic E-state index is 11.7. The van der Waals surface area contributed by atoms with E-state index in [1.165, 1.54) is 0 Å². The van der Waals surface area contributed by atoms with Gasteiger partial charge in [0, 0.05) is 0 Å². The minimum absolute atomic E-state index is 0.0585. The summed E-state index contributed by atoms with van der Waals surface area (Å²) < 4.78 is 24.1. The van der Waals surface area contributed by atoms with Crippen LogP contribution in [-0.2, 0) is 15.6 Å². The summed E-state index contributed by atoms with van der Waals surface area (Å²) in [6.07, 6.45) is 2.12. The zero-order valence-corrected chi connectivity index (χ0v) is 10.6. The Morgan fingerprint density at radius 2 is 2.13 bits per heavy atom. The Morgan fingerprint density at radius 3 is 2.73 bits per heavy atom. The summed E-state index contributed by atoms with van der Waals surface area (Å²) >= 11 is 3.23. The van der Waals surface area contributed by atoms with E-state index in [1.807, 2.05) is 0 Å². The topological polar surface area (TPSA) is 47.0 Å². The zero-order chi connectivity index (χ0) is 10.9. The van der Waals surface area contributed by atoms with E-state index >= 15 is 0 Å². The lowest BCUT2D eigenvalue weighted by molar-refractivity contribution is 0.591. The molecule has 1 aliphatic rings. The predicted molar refractivity (Wildman–Crippen MR) is 62.2 cm³/mol. The van der Waals surface area contributed by atoms with Gasteiger partial charge >= 0.3 is 0 Å². The van der Waals surface area contributed by atoms with Crippen molar-refractivity contribution in [3.63, 3.8) is 0 Å². The molecule has 0 bridgehead atoms. The Labute approximate surface area is 98.0 Å². The molecule has 0 amide bonds. The Hall–Kier alpha value is -0.420. The number of hydrogen-bond acceptors (Lipinski definition) is 3. The SMILES string of the molecule is O=S(=O)(Cc1cccc(Br)n1)CC1CC1. The van der Waals surface area contributed by atoms with E-state index in [0.29, 0.717) is 22.0 Å². The molecule has 2 rings (SSSR count). The summed E-state index contributed by atoms with van der Waals surface area (Å²) in [6, 6.07) is 5.34. The van der Waals surface area contributed by atoms with Gasteiger partial charge in [0.2, 0.25) is 0 Å². The van der Waals surface area contributed by atoms with E-state index in [4.69, 9.17) is 0 Å². The second kappa shape index (κ2) is 4.22. The quantitative estimate of drug-likeness (QED) is 0.798. The highest BCUT2D eigenvalue weighted by atomic mass is 79.9. The standard InChI is InChI=1S/C10H12BrNO2S/c11-10-3-1-2-9(12-10)7-15(13,14)6-8-4-5-8/h1-3,8H,4-7H2. The summed E-state index contributed by atoms with van der Waals surface area (Å²) in [5.41, 5.74) is 0.616. The van der Waals surface area contributed by atoms with Crippen LogP contribution in [0.15, 0.2) is 22.8 Å². The fourth-order valence-electron chi connectivity index (χ4n) is 1.46. The van der Waals surface area contributed by atoms with Crippen LogP contribution in [-0.4, -0.2) is 19.2 Å². The molecular weight excluding hydrogens is 278 g/mol. The second-order valence-electron chi connectivity index (χ2n) is 3.95. The Balaban J connectivity index is 2.06. The minimum Gasteiger partial charge on any atom is -0.245 e. The molecule has 1 aromatic heterocycles. The third-order valence-electron chi connectivity index (χ3n) is 2.33. The molecule has 15 heavy (non-hydrogen) atoms. The molecule has 0 spiro atoms. The van der Waals surface area contributed by atoms with Crippen LogP contribution in [0.5, 0.6) is 0 Å². The van der Waals surface area contributed by atoms with E-state index in [-0.39, 0.29) is 5.75 Å². The normalized spacial score (nSPS) is 16.6. The smallest absolute Gasteiger partial charge is 0.156 e. The van der Waals surface area contributed by atoms with Crippen molar-refractivity contribution in [2.24, 2.45) is 5.92 Å². The molecule has 1 aliphatic carbocycles. The van der Waals surface area contributed by atoms with E-state index < -0.39 is 9.84 Å². The molecule has 5 heteroatoms. The van der Waals surface area contributed by atoms with Crippen molar-refractivity contribution >= 4 is 25.8 Å². The second-order valence-corrected chi connectivity index (χ2v) is 6.87. The van der Waals surface area contributed by atoms with Gasteiger partial charge in [-0.05, 0) is 46.8 Å². The van der Waals surface area contributed by atoms with Crippen molar-refractivity contribution in [2.75, 3.05) is 5.75 Å². The largest absolute Gasteiger partial charge is 0.245 e. The number of hydrogen-bond donors (Lipinski definition) is 0. The van der Waals surface area contributed by atoms with Gasteiger partial charge in [-0.2, -0.15) is 0 Å². The minimum atomic E-state index is -2.97. The molecule has 1 heterocycles. The van der Waals surface area contributed by atoms with E-state index in [1.54, 1.807) is 18.2 Å². The summed E-state index contributed by atoms with van der Waals surface area (Å²) in [5, 5.41) is 0. The third-order valence-corrected chi connectivity index (χ3v) is 4.48. The van der Waals surface area contributed by atoms with Crippen molar-refractivity contribution < 1.29 is 8.42 Å². The molecule has 0 aromatic carbocycles. The highest BCUT2D eigenvalue weighted by Gasteiger charge is 2.28. The van der Waals surface area contributed by atoms with E-state index in [9.17, 15) is 8.42 Å². The zero-order valence-electron chi connectivity index (χ0n) is 8.19. The fourth-order valence-corrected chi connectivity index (χ4v) is 3.62. The van der Waals surface area contributed by atoms with Crippen LogP contribution in [0.1, 0.15) is 18.5 Å². The number of halogens is 1. The molecule has 1 saturated carbocycles. The molecule has 82 valence electrons. The van der Waals surface area contributed by atoms with Crippen LogP contribution >= 0.6 is 15.9 Å².